The summed E-state index contributed by atoms with van der Waals surface area (Å²) in [5.41, 5.74) is -0.811. The third kappa shape index (κ3) is 33.0. The van der Waals surface area contributed by atoms with E-state index in [1.54, 1.807) is 0 Å². The minimum atomic E-state index is -0.427. The van der Waals surface area contributed by atoms with Crippen LogP contribution in [0.4, 0.5) is 0 Å². The molecular weight excluding hydrogens is 671 g/mol. The third-order valence-electron chi connectivity index (χ3n) is 11.5. The summed E-state index contributed by atoms with van der Waals surface area (Å²) in [6.07, 6.45) is 36.1. The molecule has 0 bridgehead atoms. The van der Waals surface area contributed by atoms with Crippen LogP contribution >= 0.6 is 0 Å². The lowest BCUT2D eigenvalue weighted by Crippen LogP contribution is -2.29. The number of nitrogens with zero attached hydrogens (tertiary/aromatic N) is 1. The van der Waals surface area contributed by atoms with E-state index in [1.165, 1.54) is 128 Å². The third-order valence-corrected chi connectivity index (χ3v) is 11.5. The van der Waals surface area contributed by atoms with Crippen molar-refractivity contribution in [1.29, 1.82) is 0 Å². The van der Waals surface area contributed by atoms with E-state index in [9.17, 15) is 14.7 Å². The van der Waals surface area contributed by atoms with Gasteiger partial charge < -0.3 is 19.5 Å². The van der Waals surface area contributed by atoms with Gasteiger partial charge >= 0.3 is 11.9 Å². The monoisotopic (exact) mass is 766 g/mol. The molecule has 0 heterocycles. The topological polar surface area (TPSA) is 76.1 Å². The van der Waals surface area contributed by atoms with Crippen LogP contribution in [0.5, 0.6) is 0 Å². The van der Waals surface area contributed by atoms with Crippen LogP contribution in [0.1, 0.15) is 248 Å². The molecule has 0 rings (SSSR count). The number of aliphatic hydroxyl groups excluding tert-OH is 1. The van der Waals surface area contributed by atoms with Crippen LogP contribution in [-0.2, 0) is 19.1 Å². The normalized spacial score (nSPS) is 12.3. The smallest absolute Gasteiger partial charge is 0.311 e. The zero-order valence-electron chi connectivity index (χ0n) is 37.6. The van der Waals surface area contributed by atoms with E-state index in [0.717, 1.165) is 83.8 Å². The van der Waals surface area contributed by atoms with Gasteiger partial charge in [-0.25, -0.2) is 0 Å². The Labute approximate surface area is 337 Å². The Kier molecular flexibility index (Phi) is 35.5. The fourth-order valence-corrected chi connectivity index (χ4v) is 7.64. The maximum atomic E-state index is 13.2. The van der Waals surface area contributed by atoms with Gasteiger partial charge in [-0.15, -0.1) is 0 Å². The summed E-state index contributed by atoms with van der Waals surface area (Å²) in [7, 11) is 0. The molecule has 322 valence electrons. The molecular formula is C48H95NO5. The molecule has 0 aliphatic carbocycles. The number of esters is 2. The van der Waals surface area contributed by atoms with Gasteiger partial charge in [0, 0.05) is 19.6 Å². The molecule has 1 N–H and O–H groups in total. The molecule has 54 heavy (non-hydrogen) atoms. The van der Waals surface area contributed by atoms with Crippen molar-refractivity contribution in [1.82, 2.24) is 4.90 Å². The summed E-state index contributed by atoms with van der Waals surface area (Å²) in [5, 5.41) is 9.46. The number of carbonyl (C=O) groups excluding carboxylic acids is 2. The second-order valence-corrected chi connectivity index (χ2v) is 18.1. The summed E-state index contributed by atoms with van der Waals surface area (Å²) in [4.78, 5) is 28.1. The second kappa shape index (κ2) is 36.2. The van der Waals surface area contributed by atoms with Gasteiger partial charge in [-0.3, -0.25) is 9.59 Å². The first-order valence-electron chi connectivity index (χ1n) is 23.7. The fourth-order valence-electron chi connectivity index (χ4n) is 7.64. The van der Waals surface area contributed by atoms with Crippen LogP contribution < -0.4 is 0 Å². The van der Waals surface area contributed by atoms with Crippen molar-refractivity contribution in [3.63, 3.8) is 0 Å². The first kappa shape index (κ1) is 52.9. The summed E-state index contributed by atoms with van der Waals surface area (Å²) >= 11 is 0. The van der Waals surface area contributed by atoms with Gasteiger partial charge in [-0.1, -0.05) is 156 Å². The highest BCUT2D eigenvalue weighted by molar-refractivity contribution is 5.75. The highest BCUT2D eigenvalue weighted by atomic mass is 16.6. The Balaban J connectivity index is 4.32. The predicted molar refractivity (Wildman–Crippen MR) is 232 cm³/mol. The van der Waals surface area contributed by atoms with Crippen LogP contribution in [0.15, 0.2) is 0 Å². The quantitative estimate of drug-likeness (QED) is 0.0493. The molecule has 0 fully saturated rings. The zero-order valence-corrected chi connectivity index (χ0v) is 37.6. The molecule has 0 aromatic carbocycles. The van der Waals surface area contributed by atoms with E-state index in [0.29, 0.717) is 18.9 Å². The van der Waals surface area contributed by atoms with Crippen molar-refractivity contribution in [2.24, 2.45) is 11.3 Å². The Morgan fingerprint density at radius 2 is 0.963 bits per heavy atom. The highest BCUT2D eigenvalue weighted by Crippen LogP contribution is 2.28. The Morgan fingerprint density at radius 3 is 1.48 bits per heavy atom. The molecule has 0 radical (unpaired) electrons. The van der Waals surface area contributed by atoms with Crippen LogP contribution in [0.3, 0.4) is 0 Å². The highest BCUT2D eigenvalue weighted by Gasteiger charge is 2.29. The van der Waals surface area contributed by atoms with Crippen molar-refractivity contribution in [3.8, 4) is 0 Å². The molecule has 6 heteroatoms. The number of hydrogen-bond donors (Lipinski definition) is 1. The van der Waals surface area contributed by atoms with Crippen molar-refractivity contribution in [3.05, 3.63) is 0 Å². The van der Waals surface area contributed by atoms with Gasteiger partial charge in [0.1, 0.15) is 5.60 Å². The van der Waals surface area contributed by atoms with Gasteiger partial charge in [-0.2, -0.15) is 0 Å². The lowest BCUT2D eigenvalue weighted by Gasteiger charge is -2.25. The number of rotatable bonds is 41. The second-order valence-electron chi connectivity index (χ2n) is 18.1. The predicted octanol–water partition coefficient (Wildman–Crippen LogP) is 13.9. The summed E-state index contributed by atoms with van der Waals surface area (Å²) < 4.78 is 11.8. The number of hydrogen-bond acceptors (Lipinski definition) is 6. The summed E-state index contributed by atoms with van der Waals surface area (Å²) in [6.45, 7) is 19.0. The van der Waals surface area contributed by atoms with E-state index in [4.69, 9.17) is 9.47 Å². The van der Waals surface area contributed by atoms with E-state index in [1.807, 2.05) is 0 Å². The standard InChI is InChI=1S/C48H95NO5/c1-8-11-14-17-18-21-28-36-45(51)54-48(6,7)38-30-23-25-32-40-49(41-33-42-50)39-31-24-22-29-37-47(4,5)46(52)53-43-44(34-26-19-15-12-9-2)35-27-20-16-13-10-3/h44,50H,8-43H2,1-7H3. The molecule has 0 saturated carbocycles. The molecule has 0 spiro atoms. The summed E-state index contributed by atoms with van der Waals surface area (Å²) in [5.74, 6) is 0.461. The van der Waals surface area contributed by atoms with Crippen LogP contribution in [-0.4, -0.2) is 60.4 Å². The molecule has 0 aromatic rings. The van der Waals surface area contributed by atoms with E-state index < -0.39 is 5.41 Å². The van der Waals surface area contributed by atoms with E-state index >= 15 is 0 Å². The number of unbranched alkanes of at least 4 members (excludes halogenated alkanes) is 20. The number of ether oxygens (including phenoxy) is 2. The van der Waals surface area contributed by atoms with Crippen molar-refractivity contribution >= 4 is 11.9 Å². The van der Waals surface area contributed by atoms with Crippen LogP contribution in [0.2, 0.25) is 0 Å². The molecule has 0 aromatic heterocycles. The van der Waals surface area contributed by atoms with Gasteiger partial charge in [0.05, 0.1) is 12.0 Å². The average molecular weight is 766 g/mol. The average Bonchev–Trinajstić information content (AvgIpc) is 3.13. The fraction of sp³-hybridized carbons (Fsp3) is 0.958. The largest absolute Gasteiger partial charge is 0.465 e. The van der Waals surface area contributed by atoms with Crippen LogP contribution in [0.25, 0.3) is 0 Å². The first-order chi connectivity index (χ1) is 26.0. The maximum absolute atomic E-state index is 13.2. The van der Waals surface area contributed by atoms with Crippen molar-refractivity contribution in [2.45, 2.75) is 253 Å². The molecule has 0 amide bonds. The molecule has 0 atom stereocenters. The molecule has 6 nitrogen and oxygen atoms in total. The number of aliphatic hydroxyl groups is 1. The Morgan fingerprint density at radius 1 is 0.537 bits per heavy atom. The van der Waals surface area contributed by atoms with E-state index in [-0.39, 0.29) is 24.1 Å². The lowest BCUT2D eigenvalue weighted by molar-refractivity contribution is -0.157. The van der Waals surface area contributed by atoms with Gasteiger partial charge in [0.25, 0.3) is 0 Å². The van der Waals surface area contributed by atoms with Crippen LogP contribution in [0, 0.1) is 11.3 Å². The molecule has 0 aliphatic rings. The molecule has 0 saturated heterocycles. The Hall–Kier alpha value is -1.14. The van der Waals surface area contributed by atoms with E-state index in [2.05, 4.69) is 53.4 Å². The lowest BCUT2D eigenvalue weighted by atomic mass is 9.86. The minimum absolute atomic E-state index is 0.0111. The first-order valence-corrected chi connectivity index (χ1v) is 23.7. The van der Waals surface area contributed by atoms with Crippen molar-refractivity contribution in [2.75, 3.05) is 32.8 Å². The summed E-state index contributed by atoms with van der Waals surface area (Å²) in [6, 6.07) is 0. The van der Waals surface area contributed by atoms with Gasteiger partial charge in [-0.05, 0) is 104 Å². The SMILES string of the molecule is CCCCCCCCCC(=O)OC(C)(C)CCCCCCN(CCCO)CCCCCCC(C)(C)C(=O)OCC(CCCCCCC)CCCCCCC. The maximum Gasteiger partial charge on any atom is 0.311 e. The van der Waals surface area contributed by atoms with Gasteiger partial charge in [0.2, 0.25) is 0 Å². The molecule has 0 aliphatic heterocycles. The van der Waals surface area contributed by atoms with Crippen molar-refractivity contribution < 1.29 is 24.2 Å². The Bertz CT molecular complexity index is 829. The number of carbonyl (C=O) groups is 2. The molecule has 0 unspecified atom stereocenters. The van der Waals surface area contributed by atoms with Gasteiger partial charge in [0.15, 0.2) is 0 Å². The minimum Gasteiger partial charge on any atom is -0.465 e. The zero-order chi connectivity index (χ0) is 40.2.